The van der Waals surface area contributed by atoms with E-state index in [1.807, 2.05) is 29.2 Å². The Hall–Kier alpha value is -3.13. The van der Waals surface area contributed by atoms with Gasteiger partial charge in [-0.1, -0.05) is 45.0 Å². The number of nitrogens with one attached hydrogen (secondary N) is 1. The van der Waals surface area contributed by atoms with Gasteiger partial charge in [-0.05, 0) is 48.1 Å². The van der Waals surface area contributed by atoms with Crippen molar-refractivity contribution >= 4 is 17.5 Å². The molecular formula is C24H27N3O2. The van der Waals surface area contributed by atoms with Crippen LogP contribution in [-0.4, -0.2) is 29.8 Å². The normalized spacial score (nSPS) is 14.9. The summed E-state index contributed by atoms with van der Waals surface area (Å²) in [5, 5.41) is 12.0. The topological polar surface area (TPSA) is 73.2 Å². The second kappa shape index (κ2) is 8.48. The highest BCUT2D eigenvalue weighted by molar-refractivity contribution is 5.96. The first kappa shape index (κ1) is 20.6. The molecule has 0 aromatic heterocycles. The zero-order valence-corrected chi connectivity index (χ0v) is 17.2. The summed E-state index contributed by atoms with van der Waals surface area (Å²) < 4.78 is 0. The lowest BCUT2D eigenvalue weighted by Gasteiger charge is -2.31. The maximum atomic E-state index is 12.8. The third kappa shape index (κ3) is 4.83. The van der Waals surface area contributed by atoms with Gasteiger partial charge in [0.15, 0.2) is 0 Å². The number of nitrogens with zero attached hydrogens (tertiary/aromatic N) is 2. The lowest BCUT2D eigenvalue weighted by Crippen LogP contribution is -2.41. The Balaban J connectivity index is 1.58. The number of carbonyl (C=O) groups excluding carboxylic acids is 2. The predicted molar refractivity (Wildman–Crippen MR) is 114 cm³/mol. The minimum atomic E-state index is -0.158. The molecule has 0 saturated carbocycles. The second-order valence-electron chi connectivity index (χ2n) is 8.54. The molecule has 0 aliphatic carbocycles. The van der Waals surface area contributed by atoms with Crippen LogP contribution in [0.5, 0.6) is 0 Å². The molecule has 1 fully saturated rings. The van der Waals surface area contributed by atoms with Gasteiger partial charge in [0.1, 0.15) is 6.07 Å². The average molecular weight is 389 g/mol. The number of nitriles is 1. The molecule has 0 spiro atoms. The monoisotopic (exact) mass is 389 g/mol. The van der Waals surface area contributed by atoms with Crippen LogP contribution in [0.25, 0.3) is 0 Å². The summed E-state index contributed by atoms with van der Waals surface area (Å²) in [6.45, 7) is 7.55. The van der Waals surface area contributed by atoms with Crippen molar-refractivity contribution in [1.82, 2.24) is 4.90 Å². The van der Waals surface area contributed by atoms with Gasteiger partial charge in [0.2, 0.25) is 5.91 Å². The molecule has 3 rings (SSSR count). The van der Waals surface area contributed by atoms with E-state index in [9.17, 15) is 9.59 Å². The molecule has 1 saturated heterocycles. The van der Waals surface area contributed by atoms with Gasteiger partial charge in [-0.25, -0.2) is 0 Å². The van der Waals surface area contributed by atoms with E-state index < -0.39 is 0 Å². The van der Waals surface area contributed by atoms with E-state index in [-0.39, 0.29) is 23.1 Å². The van der Waals surface area contributed by atoms with Gasteiger partial charge < -0.3 is 10.2 Å². The van der Waals surface area contributed by atoms with Crippen molar-refractivity contribution in [3.8, 4) is 6.07 Å². The van der Waals surface area contributed by atoms with Crippen molar-refractivity contribution in [2.24, 2.45) is 5.92 Å². The molecule has 1 heterocycles. The Labute approximate surface area is 172 Å². The molecule has 150 valence electrons. The number of likely N-dealkylation sites (tertiary alicyclic amines) is 1. The number of carbonyl (C=O) groups is 2. The van der Waals surface area contributed by atoms with Crippen molar-refractivity contribution in [3.05, 3.63) is 65.2 Å². The van der Waals surface area contributed by atoms with Gasteiger partial charge in [0.25, 0.3) is 5.91 Å². The number of hydrogen-bond donors (Lipinski definition) is 1. The number of rotatable bonds is 3. The Morgan fingerprint density at radius 2 is 1.66 bits per heavy atom. The minimum absolute atomic E-state index is 0.0131. The lowest BCUT2D eigenvalue weighted by atomic mass is 9.86. The molecule has 2 amide bonds. The fourth-order valence-corrected chi connectivity index (χ4v) is 3.56. The molecule has 0 unspecified atom stereocenters. The molecule has 5 nitrogen and oxygen atoms in total. The summed E-state index contributed by atoms with van der Waals surface area (Å²) >= 11 is 0. The standard InChI is InChI=1S/C24H27N3O2/c1-24(2,3)20-10-8-18(9-11-20)23(29)27-14-12-17(13-15-27)22(28)26-21-7-5-4-6-19(21)16-25/h4-11,17H,12-15H2,1-3H3,(H,26,28). The average Bonchev–Trinajstić information content (AvgIpc) is 2.73. The SMILES string of the molecule is CC(C)(C)c1ccc(C(=O)N2CCC(C(=O)Nc3ccccc3C#N)CC2)cc1. The summed E-state index contributed by atoms with van der Waals surface area (Å²) in [6.07, 6.45) is 1.23. The fourth-order valence-electron chi connectivity index (χ4n) is 3.56. The smallest absolute Gasteiger partial charge is 0.253 e. The molecule has 2 aromatic carbocycles. The fraction of sp³-hybridized carbons (Fsp3) is 0.375. The largest absolute Gasteiger partial charge is 0.339 e. The molecule has 0 bridgehead atoms. The number of hydrogen-bond acceptors (Lipinski definition) is 3. The predicted octanol–water partition coefficient (Wildman–Crippen LogP) is 4.35. The van der Waals surface area contributed by atoms with Crippen LogP contribution < -0.4 is 5.32 Å². The number of piperidine rings is 1. The maximum Gasteiger partial charge on any atom is 0.253 e. The second-order valence-corrected chi connectivity index (χ2v) is 8.54. The Morgan fingerprint density at radius 1 is 1.03 bits per heavy atom. The zero-order chi connectivity index (χ0) is 21.0. The number of para-hydroxylation sites is 1. The van der Waals surface area contributed by atoms with Gasteiger partial charge in [0.05, 0.1) is 11.3 Å². The maximum absolute atomic E-state index is 12.8. The van der Waals surface area contributed by atoms with Crippen LogP contribution in [-0.2, 0) is 10.2 Å². The number of benzene rings is 2. The van der Waals surface area contributed by atoms with E-state index in [1.54, 1.807) is 24.3 Å². The summed E-state index contributed by atoms with van der Waals surface area (Å²) in [7, 11) is 0. The molecule has 5 heteroatoms. The van der Waals surface area contributed by atoms with Crippen molar-refractivity contribution in [2.75, 3.05) is 18.4 Å². The Morgan fingerprint density at radius 3 is 2.24 bits per heavy atom. The van der Waals surface area contributed by atoms with Crippen LogP contribution in [0.1, 0.15) is 55.1 Å². The number of anilines is 1. The molecule has 0 radical (unpaired) electrons. The zero-order valence-electron chi connectivity index (χ0n) is 17.2. The minimum Gasteiger partial charge on any atom is -0.339 e. The van der Waals surface area contributed by atoms with E-state index in [0.717, 1.165) is 0 Å². The number of amides is 2. The first-order chi connectivity index (χ1) is 13.8. The van der Waals surface area contributed by atoms with E-state index >= 15 is 0 Å². The molecular weight excluding hydrogens is 362 g/mol. The van der Waals surface area contributed by atoms with Crippen LogP contribution in [0.15, 0.2) is 48.5 Å². The molecule has 0 atom stereocenters. The lowest BCUT2D eigenvalue weighted by molar-refractivity contribution is -0.121. The summed E-state index contributed by atoms with van der Waals surface area (Å²) in [5.41, 5.74) is 2.92. The Bertz CT molecular complexity index is 928. The van der Waals surface area contributed by atoms with Gasteiger partial charge in [-0.2, -0.15) is 5.26 Å². The molecule has 1 N–H and O–H groups in total. The third-order valence-electron chi connectivity index (χ3n) is 5.46. The van der Waals surface area contributed by atoms with Crippen LogP contribution in [0.2, 0.25) is 0 Å². The van der Waals surface area contributed by atoms with Crippen molar-refractivity contribution in [3.63, 3.8) is 0 Å². The van der Waals surface area contributed by atoms with E-state index in [4.69, 9.17) is 5.26 Å². The highest BCUT2D eigenvalue weighted by Gasteiger charge is 2.28. The molecule has 1 aliphatic rings. The van der Waals surface area contributed by atoms with Crippen LogP contribution in [0.4, 0.5) is 5.69 Å². The van der Waals surface area contributed by atoms with Crippen molar-refractivity contribution < 1.29 is 9.59 Å². The van der Waals surface area contributed by atoms with Crippen LogP contribution in [0.3, 0.4) is 0 Å². The Kier molecular flexibility index (Phi) is 6.03. The third-order valence-corrected chi connectivity index (χ3v) is 5.46. The quantitative estimate of drug-likeness (QED) is 0.848. The summed E-state index contributed by atoms with van der Waals surface area (Å²) in [6, 6.07) is 16.9. The summed E-state index contributed by atoms with van der Waals surface area (Å²) in [4.78, 5) is 27.2. The van der Waals surface area contributed by atoms with Crippen LogP contribution >= 0.6 is 0 Å². The molecule has 1 aliphatic heterocycles. The molecule has 2 aromatic rings. The van der Waals surface area contributed by atoms with E-state index in [1.165, 1.54) is 5.56 Å². The van der Waals surface area contributed by atoms with Gasteiger partial charge in [-0.15, -0.1) is 0 Å². The van der Waals surface area contributed by atoms with E-state index in [0.29, 0.717) is 42.7 Å². The van der Waals surface area contributed by atoms with Crippen molar-refractivity contribution in [2.45, 2.75) is 39.0 Å². The highest BCUT2D eigenvalue weighted by Crippen LogP contribution is 2.25. The molecule has 29 heavy (non-hydrogen) atoms. The first-order valence-corrected chi connectivity index (χ1v) is 9.99. The van der Waals surface area contributed by atoms with Gasteiger partial charge in [0, 0.05) is 24.6 Å². The van der Waals surface area contributed by atoms with Gasteiger partial charge in [-0.3, -0.25) is 9.59 Å². The van der Waals surface area contributed by atoms with Crippen molar-refractivity contribution in [1.29, 1.82) is 5.26 Å². The first-order valence-electron chi connectivity index (χ1n) is 9.99. The van der Waals surface area contributed by atoms with E-state index in [2.05, 4.69) is 32.2 Å². The van der Waals surface area contributed by atoms with Gasteiger partial charge >= 0.3 is 0 Å². The van der Waals surface area contributed by atoms with Crippen LogP contribution in [0, 0.1) is 17.2 Å². The highest BCUT2D eigenvalue weighted by atomic mass is 16.2. The summed E-state index contributed by atoms with van der Waals surface area (Å²) in [5.74, 6) is -0.234.